The molecule has 5 heteroatoms. The van der Waals surface area contributed by atoms with Crippen LogP contribution in [-0.2, 0) is 10.0 Å². The van der Waals surface area contributed by atoms with Crippen molar-refractivity contribution in [3.63, 3.8) is 0 Å². The van der Waals surface area contributed by atoms with Crippen LogP contribution in [-0.4, -0.2) is 14.5 Å². The molecule has 1 fully saturated rings. The molecule has 4 nitrogen and oxygen atoms in total. The molecule has 0 radical (unpaired) electrons. The van der Waals surface area contributed by atoms with E-state index in [0.717, 1.165) is 18.5 Å². The highest BCUT2D eigenvalue weighted by Gasteiger charge is 2.32. The van der Waals surface area contributed by atoms with Crippen molar-refractivity contribution in [2.75, 3.05) is 5.32 Å². The van der Waals surface area contributed by atoms with Crippen LogP contribution in [0.15, 0.2) is 23.1 Å². The fourth-order valence-corrected chi connectivity index (χ4v) is 4.56. The lowest BCUT2D eigenvalue weighted by Crippen LogP contribution is -2.35. The maximum atomic E-state index is 11.6. The number of hydrogen-bond donors (Lipinski definition) is 2. The molecule has 2 atom stereocenters. The van der Waals surface area contributed by atoms with Crippen molar-refractivity contribution in [2.24, 2.45) is 16.5 Å². The van der Waals surface area contributed by atoms with Crippen molar-refractivity contribution in [1.82, 2.24) is 0 Å². The topological polar surface area (TPSA) is 72.2 Å². The Balaban J connectivity index is 2.24. The third-order valence-electron chi connectivity index (χ3n) is 4.34. The van der Waals surface area contributed by atoms with Gasteiger partial charge in [0.1, 0.15) is 0 Å². The summed E-state index contributed by atoms with van der Waals surface area (Å²) in [6.45, 7) is 8.68. The molecule has 0 saturated heterocycles. The molecule has 0 aromatic heterocycles. The van der Waals surface area contributed by atoms with Gasteiger partial charge in [-0.2, -0.15) is 0 Å². The van der Waals surface area contributed by atoms with Crippen LogP contribution in [0.2, 0.25) is 0 Å². The van der Waals surface area contributed by atoms with Crippen LogP contribution < -0.4 is 10.5 Å². The SMILES string of the molecule is Cc1c(NC2CC(C)CC(C)(C)C2)cccc1S(N)(=O)=O. The molecule has 1 saturated carbocycles. The molecule has 1 aromatic rings. The number of anilines is 1. The summed E-state index contributed by atoms with van der Waals surface area (Å²) in [6.07, 6.45) is 3.44. The Morgan fingerprint density at radius 1 is 1.29 bits per heavy atom. The molecule has 2 rings (SSSR count). The molecule has 3 N–H and O–H groups in total. The number of sulfonamides is 1. The second-order valence-corrected chi connectivity index (χ2v) is 8.76. The zero-order valence-electron chi connectivity index (χ0n) is 13.3. The summed E-state index contributed by atoms with van der Waals surface area (Å²) < 4.78 is 23.2. The predicted octanol–water partition coefficient (Wildman–Crippen LogP) is 3.27. The number of rotatable bonds is 3. The summed E-state index contributed by atoms with van der Waals surface area (Å²) >= 11 is 0. The fraction of sp³-hybridized carbons (Fsp3) is 0.625. The first-order valence-corrected chi connectivity index (χ1v) is 9.02. The summed E-state index contributed by atoms with van der Waals surface area (Å²) in [5.74, 6) is 0.674. The fourth-order valence-electron chi connectivity index (χ4n) is 3.75. The molecule has 1 aliphatic carbocycles. The number of hydrogen-bond acceptors (Lipinski definition) is 3. The first-order chi connectivity index (χ1) is 9.58. The van der Waals surface area contributed by atoms with Gasteiger partial charge in [0.25, 0.3) is 0 Å². The third-order valence-corrected chi connectivity index (χ3v) is 5.39. The third kappa shape index (κ3) is 3.98. The van der Waals surface area contributed by atoms with Gasteiger partial charge in [0.05, 0.1) is 4.90 Å². The average Bonchev–Trinajstić information content (AvgIpc) is 2.27. The van der Waals surface area contributed by atoms with Crippen LogP contribution >= 0.6 is 0 Å². The quantitative estimate of drug-likeness (QED) is 0.900. The van der Waals surface area contributed by atoms with Gasteiger partial charge >= 0.3 is 0 Å². The first kappa shape index (κ1) is 16.3. The Kier molecular flexibility index (Phi) is 4.36. The predicted molar refractivity (Wildman–Crippen MR) is 86.8 cm³/mol. The van der Waals surface area contributed by atoms with Crippen molar-refractivity contribution < 1.29 is 8.42 Å². The van der Waals surface area contributed by atoms with Crippen LogP contribution in [0.1, 0.15) is 45.6 Å². The molecule has 0 heterocycles. The Hall–Kier alpha value is -1.07. The number of nitrogens with one attached hydrogen (secondary N) is 1. The second-order valence-electron chi connectivity index (χ2n) is 7.23. The van der Waals surface area contributed by atoms with Crippen LogP contribution in [0.5, 0.6) is 0 Å². The van der Waals surface area contributed by atoms with E-state index >= 15 is 0 Å². The number of nitrogens with two attached hydrogens (primary N) is 1. The van der Waals surface area contributed by atoms with E-state index in [2.05, 4.69) is 26.1 Å². The minimum atomic E-state index is -3.67. The lowest BCUT2D eigenvalue weighted by Gasteiger charge is -2.40. The lowest BCUT2D eigenvalue weighted by molar-refractivity contribution is 0.178. The molecule has 2 unspecified atom stereocenters. The van der Waals surface area contributed by atoms with E-state index in [1.165, 1.54) is 6.42 Å². The molecule has 1 aromatic carbocycles. The molecule has 118 valence electrons. The summed E-state index contributed by atoms with van der Waals surface area (Å²) in [5, 5.41) is 8.80. The highest BCUT2D eigenvalue weighted by molar-refractivity contribution is 7.89. The van der Waals surface area contributed by atoms with Gasteiger partial charge in [-0.1, -0.05) is 26.8 Å². The van der Waals surface area contributed by atoms with Crippen molar-refractivity contribution in [3.05, 3.63) is 23.8 Å². The molecule has 0 amide bonds. The highest BCUT2D eigenvalue weighted by atomic mass is 32.2. The van der Waals surface area contributed by atoms with Crippen LogP contribution in [0.3, 0.4) is 0 Å². The summed E-state index contributed by atoms with van der Waals surface area (Å²) in [6, 6.07) is 5.60. The maximum Gasteiger partial charge on any atom is 0.238 e. The normalized spacial score (nSPS) is 25.6. The van der Waals surface area contributed by atoms with E-state index in [9.17, 15) is 8.42 Å². The van der Waals surface area contributed by atoms with E-state index < -0.39 is 10.0 Å². The minimum Gasteiger partial charge on any atom is -0.382 e. The van der Waals surface area contributed by atoms with Crippen LogP contribution in [0, 0.1) is 18.3 Å². The monoisotopic (exact) mass is 310 g/mol. The number of benzene rings is 1. The van der Waals surface area contributed by atoms with Gasteiger partial charge in [-0.05, 0) is 55.2 Å². The standard InChI is InChI=1S/C16H26N2O2S/c1-11-8-13(10-16(3,4)9-11)18-14-6-5-7-15(12(14)2)21(17,19)20/h5-7,11,13,18H,8-10H2,1-4H3,(H2,17,19,20). The Morgan fingerprint density at radius 3 is 2.52 bits per heavy atom. The van der Waals surface area contributed by atoms with E-state index in [0.29, 0.717) is 22.9 Å². The van der Waals surface area contributed by atoms with Crippen molar-refractivity contribution in [1.29, 1.82) is 0 Å². The van der Waals surface area contributed by atoms with Crippen molar-refractivity contribution >= 4 is 15.7 Å². The van der Waals surface area contributed by atoms with Gasteiger partial charge in [0, 0.05) is 11.7 Å². The molecular formula is C16H26N2O2S. The van der Waals surface area contributed by atoms with E-state index in [1.54, 1.807) is 19.1 Å². The van der Waals surface area contributed by atoms with Gasteiger partial charge in [0.15, 0.2) is 0 Å². The lowest BCUT2D eigenvalue weighted by atomic mass is 9.70. The summed E-state index contributed by atoms with van der Waals surface area (Å²) in [4.78, 5) is 0.204. The molecule has 0 aliphatic heterocycles. The second kappa shape index (κ2) is 5.61. The Morgan fingerprint density at radius 2 is 1.95 bits per heavy atom. The first-order valence-electron chi connectivity index (χ1n) is 7.47. The molecule has 1 aliphatic rings. The zero-order valence-corrected chi connectivity index (χ0v) is 14.1. The van der Waals surface area contributed by atoms with Gasteiger partial charge in [-0.25, -0.2) is 13.6 Å². The smallest absolute Gasteiger partial charge is 0.238 e. The van der Waals surface area contributed by atoms with E-state index in [4.69, 9.17) is 5.14 Å². The highest BCUT2D eigenvalue weighted by Crippen LogP contribution is 2.40. The molecule has 0 spiro atoms. The van der Waals surface area contributed by atoms with Crippen molar-refractivity contribution in [2.45, 2.75) is 57.9 Å². The van der Waals surface area contributed by atoms with E-state index in [-0.39, 0.29) is 4.90 Å². The Labute approximate surface area is 128 Å². The Bertz CT molecular complexity index is 623. The molecule has 0 bridgehead atoms. The largest absolute Gasteiger partial charge is 0.382 e. The van der Waals surface area contributed by atoms with Gasteiger partial charge in [-0.15, -0.1) is 0 Å². The summed E-state index contributed by atoms with van der Waals surface area (Å²) in [5.41, 5.74) is 1.90. The van der Waals surface area contributed by atoms with Crippen molar-refractivity contribution in [3.8, 4) is 0 Å². The average molecular weight is 310 g/mol. The zero-order chi connectivity index (χ0) is 15.8. The van der Waals surface area contributed by atoms with Crippen LogP contribution in [0.25, 0.3) is 0 Å². The van der Waals surface area contributed by atoms with E-state index in [1.807, 2.05) is 6.07 Å². The maximum absolute atomic E-state index is 11.6. The van der Waals surface area contributed by atoms with Gasteiger partial charge in [0.2, 0.25) is 10.0 Å². The number of primary sulfonamides is 1. The van der Waals surface area contributed by atoms with Crippen LogP contribution in [0.4, 0.5) is 5.69 Å². The molecular weight excluding hydrogens is 284 g/mol. The summed E-state index contributed by atoms with van der Waals surface area (Å²) in [7, 11) is -3.67. The van der Waals surface area contributed by atoms with Gasteiger partial charge < -0.3 is 5.32 Å². The van der Waals surface area contributed by atoms with Gasteiger partial charge in [-0.3, -0.25) is 0 Å². The minimum absolute atomic E-state index is 0.204. The molecule has 21 heavy (non-hydrogen) atoms.